The number of ether oxygens (including phenoxy) is 1. The second-order valence-electron chi connectivity index (χ2n) is 6.42. The van der Waals surface area contributed by atoms with Gasteiger partial charge in [-0.3, -0.25) is 4.98 Å². The second-order valence-corrected chi connectivity index (χ2v) is 6.42. The van der Waals surface area contributed by atoms with Crippen LogP contribution in [0.4, 0.5) is 5.69 Å². The predicted octanol–water partition coefficient (Wildman–Crippen LogP) is 3.12. The summed E-state index contributed by atoms with van der Waals surface area (Å²) in [5.74, 6) is 1.37. The van der Waals surface area contributed by atoms with Crippen LogP contribution in [0.2, 0.25) is 0 Å². The van der Waals surface area contributed by atoms with Crippen molar-refractivity contribution in [2.24, 2.45) is 0 Å². The van der Waals surface area contributed by atoms with Crippen LogP contribution < -0.4 is 9.64 Å². The Labute approximate surface area is 132 Å². The lowest BCUT2D eigenvalue weighted by molar-refractivity contribution is 0.313. The maximum Gasteiger partial charge on any atom is 0.121 e. The molecule has 3 rings (SSSR count). The topological polar surface area (TPSA) is 28.6 Å². The first-order valence-corrected chi connectivity index (χ1v) is 7.99. The number of methoxy groups -OCH3 is 1. The third-order valence-corrected chi connectivity index (χ3v) is 4.56. The number of fused-ring (bicyclic) bond motifs is 1. The van der Waals surface area contributed by atoms with E-state index >= 15 is 0 Å². The summed E-state index contributed by atoms with van der Waals surface area (Å²) in [6, 6.07) is 4.30. The molecule has 0 amide bonds. The van der Waals surface area contributed by atoms with Gasteiger partial charge in [-0.15, -0.1) is 0 Å². The number of hydrogen-bond acceptors (Lipinski definition) is 4. The summed E-state index contributed by atoms with van der Waals surface area (Å²) in [4.78, 5) is 9.31. The molecule has 0 bridgehead atoms. The molecule has 0 N–H and O–H groups in total. The Morgan fingerprint density at radius 1 is 1.05 bits per heavy atom. The summed E-state index contributed by atoms with van der Waals surface area (Å²) in [5.41, 5.74) is 2.53. The molecule has 22 heavy (non-hydrogen) atoms. The van der Waals surface area contributed by atoms with Gasteiger partial charge in [-0.05, 0) is 30.0 Å². The molecule has 2 aromatic rings. The third-order valence-electron chi connectivity index (χ3n) is 4.56. The van der Waals surface area contributed by atoms with Crippen LogP contribution in [-0.2, 0) is 0 Å². The molecule has 4 nitrogen and oxygen atoms in total. The van der Waals surface area contributed by atoms with E-state index in [2.05, 4.69) is 47.8 Å². The maximum absolute atomic E-state index is 5.55. The fourth-order valence-electron chi connectivity index (χ4n) is 3.14. The third kappa shape index (κ3) is 2.75. The van der Waals surface area contributed by atoms with E-state index in [1.54, 1.807) is 7.11 Å². The number of hydrogen-bond donors (Lipinski definition) is 0. The monoisotopic (exact) mass is 299 g/mol. The lowest BCUT2D eigenvalue weighted by atomic mass is 9.97. The molecule has 0 radical (unpaired) electrons. The molecule has 118 valence electrons. The average molecular weight is 299 g/mol. The summed E-state index contributed by atoms with van der Waals surface area (Å²) in [6.07, 6.45) is 3.98. The van der Waals surface area contributed by atoms with E-state index in [4.69, 9.17) is 4.74 Å². The fourth-order valence-corrected chi connectivity index (χ4v) is 3.14. The largest absolute Gasteiger partial charge is 0.497 e. The molecular weight excluding hydrogens is 274 g/mol. The van der Waals surface area contributed by atoms with Gasteiger partial charge in [0.1, 0.15) is 5.75 Å². The molecule has 0 atom stereocenters. The highest BCUT2D eigenvalue weighted by Gasteiger charge is 2.19. The summed E-state index contributed by atoms with van der Waals surface area (Å²) in [7, 11) is 3.92. The van der Waals surface area contributed by atoms with Gasteiger partial charge < -0.3 is 14.5 Å². The van der Waals surface area contributed by atoms with Gasteiger partial charge in [0.15, 0.2) is 0 Å². The Kier molecular flexibility index (Phi) is 4.21. The highest BCUT2D eigenvalue weighted by molar-refractivity contribution is 5.97. The Hall–Kier alpha value is -1.81. The zero-order valence-corrected chi connectivity index (χ0v) is 14.0. The van der Waals surface area contributed by atoms with E-state index in [9.17, 15) is 0 Å². The lowest BCUT2D eigenvalue weighted by Crippen LogP contribution is -2.44. The number of piperazine rings is 1. The van der Waals surface area contributed by atoms with Crippen LogP contribution in [0.25, 0.3) is 10.8 Å². The number of benzene rings is 1. The molecule has 4 heteroatoms. The summed E-state index contributed by atoms with van der Waals surface area (Å²) < 4.78 is 5.55. The van der Waals surface area contributed by atoms with Crippen LogP contribution in [0.3, 0.4) is 0 Å². The van der Waals surface area contributed by atoms with Crippen LogP contribution in [0.15, 0.2) is 24.5 Å². The van der Waals surface area contributed by atoms with Crippen LogP contribution in [-0.4, -0.2) is 50.2 Å². The first-order chi connectivity index (χ1) is 10.6. The number of rotatable bonds is 3. The standard InChI is InChI=1S/C18H25N3O/c1-13(2)16-11-19-12-17-15(16)9-14(22-4)10-18(17)21-7-5-20(3)6-8-21/h9-13H,5-8H2,1-4H3. The Bertz CT molecular complexity index is 661. The van der Waals surface area contributed by atoms with E-state index in [0.717, 1.165) is 31.9 Å². The quantitative estimate of drug-likeness (QED) is 0.870. The molecule has 1 fully saturated rings. The van der Waals surface area contributed by atoms with Gasteiger partial charge in [0.2, 0.25) is 0 Å². The molecule has 1 aliphatic rings. The van der Waals surface area contributed by atoms with E-state index in [-0.39, 0.29) is 0 Å². The highest BCUT2D eigenvalue weighted by atomic mass is 16.5. The molecule has 1 saturated heterocycles. The Morgan fingerprint density at radius 3 is 2.41 bits per heavy atom. The molecule has 0 saturated carbocycles. The van der Waals surface area contributed by atoms with E-state index < -0.39 is 0 Å². The molecule has 0 unspecified atom stereocenters. The highest BCUT2D eigenvalue weighted by Crippen LogP contribution is 2.35. The molecule has 2 heterocycles. The van der Waals surface area contributed by atoms with Crippen molar-refractivity contribution in [2.45, 2.75) is 19.8 Å². The summed E-state index contributed by atoms with van der Waals surface area (Å²) >= 11 is 0. The van der Waals surface area contributed by atoms with Crippen LogP contribution in [0.5, 0.6) is 5.75 Å². The zero-order valence-electron chi connectivity index (χ0n) is 14.0. The van der Waals surface area contributed by atoms with Crippen molar-refractivity contribution in [3.05, 3.63) is 30.1 Å². The first kappa shape index (κ1) is 15.1. The number of aromatic nitrogens is 1. The van der Waals surface area contributed by atoms with Crippen molar-refractivity contribution in [1.29, 1.82) is 0 Å². The van der Waals surface area contributed by atoms with Crippen molar-refractivity contribution >= 4 is 16.5 Å². The SMILES string of the molecule is COc1cc(N2CCN(C)CC2)c2cncc(C(C)C)c2c1. The van der Waals surface area contributed by atoms with Gasteiger partial charge in [0.25, 0.3) is 0 Å². The smallest absolute Gasteiger partial charge is 0.121 e. The Balaban J connectivity index is 2.14. The maximum atomic E-state index is 5.55. The number of likely N-dealkylation sites (N-methyl/N-ethyl adjacent to an activating group) is 1. The van der Waals surface area contributed by atoms with Crippen molar-refractivity contribution in [1.82, 2.24) is 9.88 Å². The molecule has 1 aromatic heterocycles. The summed E-state index contributed by atoms with van der Waals surface area (Å²) in [5, 5.41) is 2.50. The van der Waals surface area contributed by atoms with Gasteiger partial charge in [0, 0.05) is 55.7 Å². The predicted molar refractivity (Wildman–Crippen MR) is 92.1 cm³/mol. The Morgan fingerprint density at radius 2 is 1.77 bits per heavy atom. The molecule has 0 spiro atoms. The van der Waals surface area contributed by atoms with E-state index in [0.29, 0.717) is 5.92 Å². The van der Waals surface area contributed by atoms with Crippen molar-refractivity contribution in [2.75, 3.05) is 45.2 Å². The number of nitrogens with zero attached hydrogens (tertiary/aromatic N) is 3. The van der Waals surface area contributed by atoms with E-state index in [1.165, 1.54) is 22.0 Å². The lowest BCUT2D eigenvalue weighted by Gasteiger charge is -2.35. The van der Waals surface area contributed by atoms with Gasteiger partial charge >= 0.3 is 0 Å². The fraction of sp³-hybridized carbons (Fsp3) is 0.500. The second kappa shape index (κ2) is 6.13. The van der Waals surface area contributed by atoms with Crippen molar-refractivity contribution in [3.8, 4) is 5.75 Å². The molecular formula is C18H25N3O. The number of pyridine rings is 1. The van der Waals surface area contributed by atoms with Crippen LogP contribution in [0.1, 0.15) is 25.3 Å². The van der Waals surface area contributed by atoms with Gasteiger partial charge in [-0.25, -0.2) is 0 Å². The zero-order chi connectivity index (χ0) is 15.7. The van der Waals surface area contributed by atoms with Crippen molar-refractivity contribution < 1.29 is 4.74 Å². The van der Waals surface area contributed by atoms with E-state index in [1.807, 2.05) is 12.4 Å². The molecule has 1 aliphatic heterocycles. The average Bonchev–Trinajstić information content (AvgIpc) is 2.53. The summed E-state index contributed by atoms with van der Waals surface area (Å²) in [6.45, 7) is 8.71. The van der Waals surface area contributed by atoms with Gasteiger partial charge in [-0.2, -0.15) is 0 Å². The molecule has 1 aromatic carbocycles. The normalized spacial score (nSPS) is 16.5. The molecule has 0 aliphatic carbocycles. The van der Waals surface area contributed by atoms with Crippen LogP contribution in [0, 0.1) is 0 Å². The van der Waals surface area contributed by atoms with Gasteiger partial charge in [-0.1, -0.05) is 13.8 Å². The minimum atomic E-state index is 0.448. The minimum Gasteiger partial charge on any atom is -0.497 e. The van der Waals surface area contributed by atoms with Crippen molar-refractivity contribution in [3.63, 3.8) is 0 Å². The van der Waals surface area contributed by atoms with Crippen LogP contribution >= 0.6 is 0 Å². The number of anilines is 1. The minimum absolute atomic E-state index is 0.448. The first-order valence-electron chi connectivity index (χ1n) is 7.99. The van der Waals surface area contributed by atoms with Gasteiger partial charge in [0.05, 0.1) is 7.11 Å².